The Balaban J connectivity index is 3.10. The maximum absolute atomic E-state index is 12.9. The lowest BCUT2D eigenvalue weighted by Gasteiger charge is -2.06. The Bertz CT molecular complexity index is 265. The van der Waals surface area contributed by atoms with Crippen LogP contribution in [0.15, 0.2) is 12.1 Å². The monoisotopic (exact) mass is 190 g/mol. The Morgan fingerprint density at radius 1 is 1.58 bits per heavy atom. The van der Waals surface area contributed by atoms with E-state index in [1.165, 1.54) is 6.07 Å². The number of hydrogen-bond acceptors (Lipinski definition) is 2. The molecule has 1 N–H and O–H groups in total. The van der Waals surface area contributed by atoms with Crippen molar-refractivity contribution in [2.24, 2.45) is 0 Å². The molecular weight excluding hydrogens is 183 g/mol. The molecule has 0 aliphatic carbocycles. The Hall–Kier alpha value is -0.960. The second kappa shape index (κ2) is 3.63. The van der Waals surface area contributed by atoms with Gasteiger partial charge < -0.3 is 9.84 Å². The van der Waals surface area contributed by atoms with Gasteiger partial charge in [0.25, 0.3) is 0 Å². The molecule has 1 aromatic rings. The van der Waals surface area contributed by atoms with Crippen molar-refractivity contribution in [3.05, 3.63) is 23.0 Å². The van der Waals surface area contributed by atoms with E-state index in [1.54, 1.807) is 6.92 Å². The lowest BCUT2D eigenvalue weighted by Crippen LogP contribution is -1.95. The van der Waals surface area contributed by atoms with Crippen LogP contribution in [-0.2, 0) is 0 Å². The minimum absolute atomic E-state index is 0.0167. The molecule has 0 aliphatic heterocycles. The van der Waals surface area contributed by atoms with Crippen molar-refractivity contribution in [3.63, 3.8) is 0 Å². The van der Waals surface area contributed by atoms with Crippen molar-refractivity contribution in [3.8, 4) is 11.5 Å². The second-order valence-electron chi connectivity index (χ2n) is 2.17. The van der Waals surface area contributed by atoms with Crippen LogP contribution in [0.5, 0.6) is 11.5 Å². The highest BCUT2D eigenvalue weighted by Crippen LogP contribution is 2.31. The molecular formula is C8H8ClFO2. The minimum atomic E-state index is -0.651. The molecule has 0 atom stereocenters. The molecule has 4 heteroatoms. The molecule has 1 aromatic carbocycles. The van der Waals surface area contributed by atoms with Gasteiger partial charge in [-0.2, -0.15) is 0 Å². The highest BCUT2D eigenvalue weighted by Gasteiger charge is 2.09. The zero-order valence-corrected chi connectivity index (χ0v) is 7.23. The maximum Gasteiger partial charge on any atom is 0.173 e. The lowest BCUT2D eigenvalue weighted by molar-refractivity contribution is 0.320. The fraction of sp³-hybridized carbons (Fsp3) is 0.250. The predicted molar refractivity (Wildman–Crippen MR) is 44.2 cm³/mol. The van der Waals surface area contributed by atoms with Crippen LogP contribution in [-0.4, -0.2) is 11.7 Å². The molecule has 0 saturated heterocycles. The van der Waals surface area contributed by atoms with Gasteiger partial charge in [0.15, 0.2) is 11.6 Å². The number of rotatable bonds is 2. The van der Waals surface area contributed by atoms with Crippen molar-refractivity contribution >= 4 is 11.6 Å². The minimum Gasteiger partial charge on any atom is -0.508 e. The van der Waals surface area contributed by atoms with Gasteiger partial charge in [0.05, 0.1) is 11.6 Å². The molecule has 0 fully saturated rings. The number of phenolic OH excluding ortho intramolecular Hbond substituents is 1. The highest BCUT2D eigenvalue weighted by molar-refractivity contribution is 6.32. The average Bonchev–Trinajstić information content (AvgIpc) is 1.96. The largest absolute Gasteiger partial charge is 0.508 e. The summed E-state index contributed by atoms with van der Waals surface area (Å²) in [6, 6.07) is 2.19. The summed E-state index contributed by atoms with van der Waals surface area (Å²) >= 11 is 5.59. The van der Waals surface area contributed by atoms with Gasteiger partial charge in [-0.05, 0) is 6.92 Å². The number of benzene rings is 1. The van der Waals surface area contributed by atoms with E-state index in [0.29, 0.717) is 6.61 Å². The summed E-state index contributed by atoms with van der Waals surface area (Å²) in [5.41, 5.74) is 0. The number of ether oxygens (including phenoxy) is 1. The van der Waals surface area contributed by atoms with Crippen LogP contribution in [0.1, 0.15) is 6.92 Å². The predicted octanol–water partition coefficient (Wildman–Crippen LogP) is 2.58. The van der Waals surface area contributed by atoms with Crippen LogP contribution < -0.4 is 4.74 Å². The van der Waals surface area contributed by atoms with Gasteiger partial charge in [-0.3, -0.25) is 0 Å². The Morgan fingerprint density at radius 3 is 2.75 bits per heavy atom. The molecule has 12 heavy (non-hydrogen) atoms. The van der Waals surface area contributed by atoms with E-state index < -0.39 is 5.82 Å². The van der Waals surface area contributed by atoms with Crippen LogP contribution >= 0.6 is 11.6 Å². The van der Waals surface area contributed by atoms with E-state index in [0.717, 1.165) is 6.07 Å². The molecule has 1 rings (SSSR count). The van der Waals surface area contributed by atoms with Crippen LogP contribution in [0.2, 0.25) is 5.02 Å². The first kappa shape index (κ1) is 9.13. The molecule has 0 radical (unpaired) electrons. The van der Waals surface area contributed by atoms with Crippen molar-refractivity contribution in [1.29, 1.82) is 0 Å². The fourth-order valence-corrected chi connectivity index (χ4v) is 1.09. The average molecular weight is 191 g/mol. The molecule has 2 nitrogen and oxygen atoms in total. The third-order valence-corrected chi connectivity index (χ3v) is 1.55. The van der Waals surface area contributed by atoms with Crippen LogP contribution in [0.4, 0.5) is 4.39 Å². The first-order valence-electron chi connectivity index (χ1n) is 3.46. The maximum atomic E-state index is 12.9. The molecule has 0 unspecified atom stereocenters. The van der Waals surface area contributed by atoms with Gasteiger partial charge in [-0.15, -0.1) is 0 Å². The molecule has 0 spiro atoms. The summed E-state index contributed by atoms with van der Waals surface area (Å²) in [5.74, 6) is -0.875. The van der Waals surface area contributed by atoms with Crippen LogP contribution in [0.3, 0.4) is 0 Å². The zero-order valence-electron chi connectivity index (χ0n) is 6.47. The molecule has 0 aliphatic rings. The van der Waals surface area contributed by atoms with Crippen LogP contribution in [0, 0.1) is 5.82 Å². The number of hydrogen-bond donors (Lipinski definition) is 1. The first-order chi connectivity index (χ1) is 5.65. The molecule has 0 bridgehead atoms. The van der Waals surface area contributed by atoms with Crippen molar-refractivity contribution < 1.29 is 14.2 Å². The van der Waals surface area contributed by atoms with E-state index in [9.17, 15) is 4.39 Å². The standard InChI is InChI=1S/C8H8ClFO2/c1-2-12-8-6(9)3-5(11)4-7(8)10/h3-4,11H,2H2,1H3. The summed E-state index contributed by atoms with van der Waals surface area (Å²) < 4.78 is 17.8. The Labute approximate surface area is 74.5 Å². The lowest BCUT2D eigenvalue weighted by atomic mass is 10.3. The zero-order chi connectivity index (χ0) is 9.14. The van der Waals surface area contributed by atoms with E-state index in [1.807, 2.05) is 0 Å². The van der Waals surface area contributed by atoms with Gasteiger partial charge in [-0.1, -0.05) is 11.6 Å². The molecule has 0 aromatic heterocycles. The Morgan fingerprint density at radius 2 is 2.25 bits per heavy atom. The number of aromatic hydroxyl groups is 1. The summed E-state index contributed by atoms with van der Waals surface area (Å²) in [5, 5.41) is 8.98. The van der Waals surface area contributed by atoms with E-state index in [2.05, 4.69) is 0 Å². The quantitative estimate of drug-likeness (QED) is 0.777. The van der Waals surface area contributed by atoms with Gasteiger partial charge in [0.1, 0.15) is 5.75 Å². The third-order valence-electron chi connectivity index (χ3n) is 1.27. The van der Waals surface area contributed by atoms with Crippen molar-refractivity contribution in [2.45, 2.75) is 6.92 Å². The fourth-order valence-electron chi connectivity index (χ4n) is 0.829. The van der Waals surface area contributed by atoms with Gasteiger partial charge in [0, 0.05) is 12.1 Å². The molecule has 0 amide bonds. The van der Waals surface area contributed by atoms with Gasteiger partial charge in [-0.25, -0.2) is 4.39 Å². The summed E-state index contributed by atoms with van der Waals surface area (Å²) in [7, 11) is 0. The van der Waals surface area contributed by atoms with Crippen LogP contribution in [0.25, 0.3) is 0 Å². The van der Waals surface area contributed by atoms with Crippen molar-refractivity contribution in [1.82, 2.24) is 0 Å². The van der Waals surface area contributed by atoms with Crippen molar-refractivity contribution in [2.75, 3.05) is 6.61 Å². The third kappa shape index (κ3) is 1.80. The van der Waals surface area contributed by atoms with E-state index in [4.69, 9.17) is 21.4 Å². The van der Waals surface area contributed by atoms with E-state index >= 15 is 0 Å². The Kier molecular flexibility index (Phi) is 2.76. The normalized spacial score (nSPS) is 9.92. The summed E-state index contributed by atoms with van der Waals surface area (Å²) in [6.07, 6.45) is 0. The summed E-state index contributed by atoms with van der Waals surface area (Å²) in [6.45, 7) is 2.06. The van der Waals surface area contributed by atoms with Gasteiger partial charge in [0.2, 0.25) is 0 Å². The SMILES string of the molecule is CCOc1c(F)cc(O)cc1Cl. The topological polar surface area (TPSA) is 29.5 Å². The second-order valence-corrected chi connectivity index (χ2v) is 2.58. The van der Waals surface area contributed by atoms with Gasteiger partial charge >= 0.3 is 0 Å². The number of phenols is 1. The highest BCUT2D eigenvalue weighted by atomic mass is 35.5. The molecule has 0 heterocycles. The number of halogens is 2. The van der Waals surface area contributed by atoms with E-state index in [-0.39, 0.29) is 16.5 Å². The summed E-state index contributed by atoms with van der Waals surface area (Å²) in [4.78, 5) is 0. The first-order valence-corrected chi connectivity index (χ1v) is 3.83. The molecule has 66 valence electrons. The molecule has 0 saturated carbocycles. The smallest absolute Gasteiger partial charge is 0.173 e.